The Bertz CT molecular complexity index is 663. The van der Waals surface area contributed by atoms with Gasteiger partial charge in [-0.05, 0) is 36.7 Å². The van der Waals surface area contributed by atoms with Crippen LogP contribution in [-0.4, -0.2) is 49.9 Å². The van der Waals surface area contributed by atoms with Gasteiger partial charge in [0.2, 0.25) is 5.90 Å². The van der Waals surface area contributed by atoms with E-state index in [0.717, 1.165) is 5.56 Å². The molecule has 0 N–H and O–H groups in total. The van der Waals surface area contributed by atoms with Crippen LogP contribution in [0.3, 0.4) is 0 Å². The lowest BCUT2D eigenvalue weighted by atomic mass is 10.2. The van der Waals surface area contributed by atoms with Crippen LogP contribution in [0.15, 0.2) is 71.1 Å². The maximum atomic E-state index is 12.2. The summed E-state index contributed by atoms with van der Waals surface area (Å²) in [5, 5.41) is 0. The number of esters is 1. The van der Waals surface area contributed by atoms with Crippen molar-refractivity contribution in [3.63, 3.8) is 0 Å². The molecular weight excluding hydrogens is 290 g/mol. The molecule has 0 unspecified atom stereocenters. The SMILES string of the molecule is CN(C)/C=C/C(/C=C/N(C)C)=C1N=C(c2ccccc2)OC1=O. The Labute approximate surface area is 136 Å². The number of aliphatic imine (C=N–C) groups is 1. The van der Waals surface area contributed by atoms with Crippen LogP contribution in [0, 0.1) is 0 Å². The number of benzene rings is 1. The molecular formula is C18H21N3O2. The van der Waals surface area contributed by atoms with E-state index in [1.807, 2.05) is 92.9 Å². The summed E-state index contributed by atoms with van der Waals surface area (Å²) in [5.41, 5.74) is 1.78. The lowest BCUT2D eigenvalue weighted by molar-refractivity contribution is -0.130. The summed E-state index contributed by atoms with van der Waals surface area (Å²) < 4.78 is 5.31. The molecule has 120 valence electrons. The molecule has 1 aliphatic rings. The minimum absolute atomic E-state index is 0.306. The number of allylic oxidation sites excluding steroid dienone is 3. The minimum Gasteiger partial charge on any atom is -0.402 e. The molecule has 1 heterocycles. The lowest BCUT2D eigenvalue weighted by Gasteiger charge is -2.06. The summed E-state index contributed by atoms with van der Waals surface area (Å²) >= 11 is 0. The van der Waals surface area contributed by atoms with Gasteiger partial charge in [-0.2, -0.15) is 0 Å². The minimum atomic E-state index is -0.439. The molecule has 0 saturated carbocycles. The van der Waals surface area contributed by atoms with Gasteiger partial charge in [-0.1, -0.05) is 18.2 Å². The maximum Gasteiger partial charge on any atom is 0.364 e. The van der Waals surface area contributed by atoms with Crippen molar-refractivity contribution in [2.24, 2.45) is 4.99 Å². The van der Waals surface area contributed by atoms with Crippen LogP contribution in [-0.2, 0) is 9.53 Å². The van der Waals surface area contributed by atoms with E-state index in [0.29, 0.717) is 17.2 Å². The lowest BCUT2D eigenvalue weighted by Crippen LogP contribution is -2.06. The van der Waals surface area contributed by atoms with Gasteiger partial charge in [0, 0.05) is 39.3 Å². The summed E-state index contributed by atoms with van der Waals surface area (Å²) in [6.07, 6.45) is 7.42. The van der Waals surface area contributed by atoms with Crippen molar-refractivity contribution in [1.82, 2.24) is 9.80 Å². The molecule has 0 bridgehead atoms. The van der Waals surface area contributed by atoms with Crippen molar-refractivity contribution in [2.45, 2.75) is 0 Å². The van der Waals surface area contributed by atoms with Crippen molar-refractivity contribution in [3.05, 3.63) is 71.7 Å². The second kappa shape index (κ2) is 7.45. The summed E-state index contributed by atoms with van der Waals surface area (Å²) in [6.45, 7) is 0. The van der Waals surface area contributed by atoms with E-state index in [9.17, 15) is 4.79 Å². The van der Waals surface area contributed by atoms with E-state index < -0.39 is 5.97 Å². The highest BCUT2D eigenvalue weighted by Gasteiger charge is 2.25. The fourth-order valence-corrected chi connectivity index (χ4v) is 1.86. The molecule has 5 nitrogen and oxygen atoms in total. The first-order chi connectivity index (χ1) is 11.0. The molecule has 2 rings (SSSR count). The first-order valence-electron chi connectivity index (χ1n) is 7.27. The standard InChI is InChI=1S/C18H21N3O2/c1-20(2)12-10-14(11-13-21(3)4)16-18(22)23-17(19-16)15-8-6-5-7-9-15/h5-13H,1-4H3/b12-10+,13-11+. The molecule has 0 saturated heterocycles. The van der Waals surface area contributed by atoms with Gasteiger partial charge in [0.25, 0.3) is 0 Å². The van der Waals surface area contributed by atoms with Crippen LogP contribution in [0.5, 0.6) is 0 Å². The number of hydrogen-bond acceptors (Lipinski definition) is 5. The topological polar surface area (TPSA) is 45.1 Å². The second-order valence-corrected chi connectivity index (χ2v) is 5.54. The van der Waals surface area contributed by atoms with Gasteiger partial charge in [-0.15, -0.1) is 0 Å². The monoisotopic (exact) mass is 311 g/mol. The van der Waals surface area contributed by atoms with E-state index in [-0.39, 0.29) is 0 Å². The Morgan fingerprint density at radius 1 is 1.00 bits per heavy atom. The highest BCUT2D eigenvalue weighted by atomic mass is 16.6. The van der Waals surface area contributed by atoms with E-state index >= 15 is 0 Å². The first-order valence-corrected chi connectivity index (χ1v) is 7.27. The second-order valence-electron chi connectivity index (χ2n) is 5.54. The Hall–Kier alpha value is -2.82. The van der Waals surface area contributed by atoms with E-state index in [1.165, 1.54) is 0 Å². The molecule has 1 aliphatic heterocycles. The third-order valence-electron chi connectivity index (χ3n) is 2.99. The molecule has 23 heavy (non-hydrogen) atoms. The van der Waals surface area contributed by atoms with Gasteiger partial charge in [0.1, 0.15) is 0 Å². The predicted molar refractivity (Wildman–Crippen MR) is 91.8 cm³/mol. The van der Waals surface area contributed by atoms with Crippen LogP contribution >= 0.6 is 0 Å². The summed E-state index contributed by atoms with van der Waals surface area (Å²) in [7, 11) is 7.67. The molecule has 0 aliphatic carbocycles. The number of nitrogens with zero attached hydrogens (tertiary/aromatic N) is 3. The summed E-state index contributed by atoms with van der Waals surface area (Å²) in [6, 6.07) is 9.39. The van der Waals surface area contributed by atoms with Gasteiger partial charge in [0.15, 0.2) is 5.70 Å². The number of hydrogen-bond donors (Lipinski definition) is 0. The van der Waals surface area contributed by atoms with Crippen LogP contribution in [0.1, 0.15) is 5.56 Å². The molecule has 0 atom stereocenters. The zero-order valence-corrected chi connectivity index (χ0v) is 13.9. The largest absolute Gasteiger partial charge is 0.402 e. The van der Waals surface area contributed by atoms with Gasteiger partial charge in [-0.25, -0.2) is 9.79 Å². The molecule has 1 aromatic rings. The third kappa shape index (κ3) is 4.57. The van der Waals surface area contributed by atoms with Crippen molar-refractivity contribution in [2.75, 3.05) is 28.2 Å². The number of cyclic esters (lactones) is 1. The molecule has 0 aromatic heterocycles. The van der Waals surface area contributed by atoms with Crippen molar-refractivity contribution in [1.29, 1.82) is 0 Å². The summed E-state index contributed by atoms with van der Waals surface area (Å²) in [5.74, 6) is -0.106. The van der Waals surface area contributed by atoms with Crippen LogP contribution in [0.2, 0.25) is 0 Å². The maximum absolute atomic E-state index is 12.2. The van der Waals surface area contributed by atoms with Crippen LogP contribution in [0.25, 0.3) is 0 Å². The molecule has 0 amide bonds. The molecule has 0 fully saturated rings. The number of rotatable bonds is 5. The van der Waals surface area contributed by atoms with Gasteiger partial charge in [-0.3, -0.25) is 0 Å². The van der Waals surface area contributed by atoms with Crippen molar-refractivity contribution in [3.8, 4) is 0 Å². The molecule has 5 heteroatoms. The number of ether oxygens (including phenoxy) is 1. The zero-order chi connectivity index (χ0) is 16.8. The average molecular weight is 311 g/mol. The molecule has 0 radical (unpaired) electrons. The van der Waals surface area contributed by atoms with E-state index in [1.54, 1.807) is 0 Å². The predicted octanol–water partition coefficient (Wildman–Crippen LogP) is 2.39. The zero-order valence-electron chi connectivity index (χ0n) is 13.9. The number of carbonyl (C=O) groups is 1. The fraction of sp³-hybridized carbons (Fsp3) is 0.222. The number of carbonyl (C=O) groups excluding carboxylic acids is 1. The van der Waals surface area contributed by atoms with Crippen LogP contribution in [0.4, 0.5) is 0 Å². The molecule has 0 spiro atoms. The van der Waals surface area contributed by atoms with Gasteiger partial charge in [0.05, 0.1) is 0 Å². The smallest absolute Gasteiger partial charge is 0.364 e. The fourth-order valence-electron chi connectivity index (χ4n) is 1.86. The highest BCUT2D eigenvalue weighted by molar-refractivity contribution is 6.11. The highest BCUT2D eigenvalue weighted by Crippen LogP contribution is 2.21. The van der Waals surface area contributed by atoms with Crippen molar-refractivity contribution >= 4 is 11.9 Å². The Kier molecular flexibility index (Phi) is 5.36. The van der Waals surface area contributed by atoms with Gasteiger partial charge < -0.3 is 14.5 Å². The quantitative estimate of drug-likeness (QED) is 0.619. The first kappa shape index (κ1) is 16.5. The third-order valence-corrected chi connectivity index (χ3v) is 2.99. The van der Waals surface area contributed by atoms with Crippen LogP contribution < -0.4 is 0 Å². The Morgan fingerprint density at radius 3 is 2.09 bits per heavy atom. The van der Waals surface area contributed by atoms with Crippen molar-refractivity contribution < 1.29 is 9.53 Å². The molecule has 1 aromatic carbocycles. The van der Waals surface area contributed by atoms with E-state index in [4.69, 9.17) is 4.74 Å². The van der Waals surface area contributed by atoms with Gasteiger partial charge >= 0.3 is 5.97 Å². The average Bonchev–Trinajstić information content (AvgIpc) is 2.90. The summed E-state index contributed by atoms with van der Waals surface area (Å²) in [4.78, 5) is 20.4. The Balaban J connectivity index is 2.43. The van der Waals surface area contributed by atoms with E-state index in [2.05, 4.69) is 4.99 Å². The Morgan fingerprint density at radius 2 is 1.57 bits per heavy atom. The normalized spacial score (nSPS) is 14.3.